The summed E-state index contributed by atoms with van der Waals surface area (Å²) in [4.78, 5) is 22.8. The third-order valence-electron chi connectivity index (χ3n) is 5.00. The van der Waals surface area contributed by atoms with Gasteiger partial charge in [-0.25, -0.2) is 8.42 Å². The van der Waals surface area contributed by atoms with Gasteiger partial charge in [0, 0.05) is 38.1 Å². The van der Waals surface area contributed by atoms with Gasteiger partial charge in [0.1, 0.15) is 22.8 Å². The first-order chi connectivity index (χ1) is 14.1. The number of hydrogen-bond donors (Lipinski definition) is 0. The highest BCUT2D eigenvalue weighted by Gasteiger charge is 2.46. The zero-order valence-electron chi connectivity index (χ0n) is 15.8. The summed E-state index contributed by atoms with van der Waals surface area (Å²) in [6, 6.07) is 5.70. The molecule has 2 aliphatic rings. The molecule has 0 aromatic carbocycles. The van der Waals surface area contributed by atoms with E-state index in [1.54, 1.807) is 35.5 Å². The molecule has 10 heteroatoms. The molecule has 2 atom stereocenters. The van der Waals surface area contributed by atoms with Crippen LogP contribution in [0.15, 0.2) is 53.9 Å². The highest BCUT2D eigenvalue weighted by atomic mass is 32.2. The first-order valence-corrected chi connectivity index (χ1v) is 10.8. The topological polar surface area (TPSA) is 102 Å². The molecule has 1 amide bonds. The Morgan fingerprint density at radius 2 is 1.83 bits per heavy atom. The van der Waals surface area contributed by atoms with E-state index in [0.29, 0.717) is 32.1 Å². The molecule has 0 radical (unpaired) electrons. The molecule has 0 N–H and O–H groups in total. The number of carbonyl (C=O) groups excluding carboxylic acids is 1. The third-order valence-corrected chi connectivity index (χ3v) is 6.86. The van der Waals surface area contributed by atoms with Crippen LogP contribution in [-0.4, -0.2) is 78.5 Å². The molecule has 2 aromatic rings. The molecule has 2 aromatic heterocycles. The lowest BCUT2D eigenvalue weighted by molar-refractivity contribution is -0.138. The number of hydrogen-bond acceptors (Lipinski definition) is 7. The number of morpholine rings is 1. The van der Waals surface area contributed by atoms with E-state index in [4.69, 9.17) is 9.47 Å². The zero-order chi connectivity index (χ0) is 20.3. The smallest absolute Gasteiger partial charge is 0.245 e. The van der Waals surface area contributed by atoms with E-state index < -0.39 is 22.2 Å². The van der Waals surface area contributed by atoms with Crippen LogP contribution in [0.5, 0.6) is 5.75 Å². The molecule has 0 bridgehead atoms. The van der Waals surface area contributed by atoms with Gasteiger partial charge in [-0.05, 0) is 24.3 Å². The van der Waals surface area contributed by atoms with E-state index in [2.05, 4.69) is 9.97 Å². The summed E-state index contributed by atoms with van der Waals surface area (Å²) < 4.78 is 39.0. The van der Waals surface area contributed by atoms with Gasteiger partial charge in [-0.2, -0.15) is 4.31 Å². The SMILES string of the molecule is O=C([C@@H]1C[C@H](Oc2cccnc2)CN1S(=O)(=O)c1cccnc1)N1CCOCC1. The Hall–Kier alpha value is -2.56. The summed E-state index contributed by atoms with van der Waals surface area (Å²) in [5.41, 5.74) is 0. The molecular formula is C19H22N4O5S. The first kappa shape index (κ1) is 19.7. The zero-order valence-corrected chi connectivity index (χ0v) is 16.6. The average Bonchev–Trinajstić information content (AvgIpc) is 3.20. The average molecular weight is 418 g/mol. The lowest BCUT2D eigenvalue weighted by atomic mass is 10.1. The van der Waals surface area contributed by atoms with Gasteiger partial charge in [-0.3, -0.25) is 14.8 Å². The van der Waals surface area contributed by atoms with Gasteiger partial charge in [0.15, 0.2) is 0 Å². The van der Waals surface area contributed by atoms with Crippen molar-refractivity contribution in [2.75, 3.05) is 32.8 Å². The number of sulfonamides is 1. The van der Waals surface area contributed by atoms with Crippen LogP contribution in [0, 0.1) is 0 Å². The van der Waals surface area contributed by atoms with Gasteiger partial charge >= 0.3 is 0 Å². The molecule has 154 valence electrons. The van der Waals surface area contributed by atoms with Gasteiger partial charge in [-0.1, -0.05) is 0 Å². The van der Waals surface area contributed by atoms with Crippen LogP contribution < -0.4 is 4.74 Å². The summed E-state index contributed by atoms with van der Waals surface area (Å²) >= 11 is 0. The minimum atomic E-state index is -3.90. The van der Waals surface area contributed by atoms with E-state index in [1.165, 1.54) is 22.8 Å². The van der Waals surface area contributed by atoms with E-state index in [0.717, 1.165) is 0 Å². The number of pyridine rings is 2. The van der Waals surface area contributed by atoms with Crippen LogP contribution in [-0.2, 0) is 19.6 Å². The molecule has 0 aliphatic carbocycles. The summed E-state index contributed by atoms with van der Waals surface area (Å²) in [6.45, 7) is 1.87. The fraction of sp³-hybridized carbons (Fsp3) is 0.421. The van der Waals surface area contributed by atoms with Gasteiger partial charge in [-0.15, -0.1) is 0 Å². The van der Waals surface area contributed by atoms with Gasteiger partial charge in [0.05, 0.1) is 26.0 Å². The van der Waals surface area contributed by atoms with Crippen LogP contribution in [0.3, 0.4) is 0 Å². The molecule has 4 rings (SSSR count). The van der Waals surface area contributed by atoms with Crippen LogP contribution in [0.4, 0.5) is 0 Å². The maximum atomic E-state index is 13.3. The Morgan fingerprint density at radius 1 is 1.10 bits per heavy atom. The standard InChI is InChI=1S/C19H22N4O5S/c24-19(22-7-9-27-10-8-22)18-11-16(28-15-3-1-5-20-12-15)14-23(18)29(25,26)17-4-2-6-21-13-17/h1-6,12-13,16,18H,7-11,14H2/t16-,18-/m0/s1. The van der Waals surface area contributed by atoms with E-state index in [9.17, 15) is 13.2 Å². The number of aromatic nitrogens is 2. The minimum Gasteiger partial charge on any atom is -0.487 e. The summed E-state index contributed by atoms with van der Waals surface area (Å²) in [5.74, 6) is 0.314. The normalized spacial score (nSPS) is 23.1. The maximum absolute atomic E-state index is 13.3. The Labute approximate surface area is 169 Å². The monoisotopic (exact) mass is 418 g/mol. The fourth-order valence-electron chi connectivity index (χ4n) is 3.58. The number of rotatable bonds is 5. The molecular weight excluding hydrogens is 396 g/mol. The largest absolute Gasteiger partial charge is 0.487 e. The minimum absolute atomic E-state index is 0.0572. The van der Waals surface area contributed by atoms with E-state index in [-0.39, 0.29) is 23.8 Å². The van der Waals surface area contributed by atoms with Crippen molar-refractivity contribution >= 4 is 15.9 Å². The van der Waals surface area contributed by atoms with E-state index in [1.807, 2.05) is 0 Å². The van der Waals surface area contributed by atoms with Crippen molar-refractivity contribution in [3.05, 3.63) is 49.1 Å². The van der Waals surface area contributed by atoms with Crippen molar-refractivity contribution in [1.29, 1.82) is 0 Å². The Balaban J connectivity index is 1.61. The van der Waals surface area contributed by atoms with Crippen LogP contribution in [0.1, 0.15) is 6.42 Å². The summed E-state index contributed by atoms with van der Waals surface area (Å²) in [6.07, 6.45) is 5.81. The van der Waals surface area contributed by atoms with Gasteiger partial charge < -0.3 is 14.4 Å². The second-order valence-corrected chi connectivity index (χ2v) is 8.77. The van der Waals surface area contributed by atoms with Crippen LogP contribution in [0.2, 0.25) is 0 Å². The molecule has 0 unspecified atom stereocenters. The Morgan fingerprint density at radius 3 is 2.48 bits per heavy atom. The van der Waals surface area contributed by atoms with Crippen LogP contribution in [0.25, 0.3) is 0 Å². The van der Waals surface area contributed by atoms with Gasteiger partial charge in [0.25, 0.3) is 0 Å². The van der Waals surface area contributed by atoms with Crippen molar-refractivity contribution in [2.24, 2.45) is 0 Å². The second-order valence-electron chi connectivity index (χ2n) is 6.88. The Bertz CT molecular complexity index is 936. The molecule has 2 saturated heterocycles. The molecule has 4 heterocycles. The van der Waals surface area contributed by atoms with Crippen molar-refractivity contribution < 1.29 is 22.7 Å². The number of carbonyl (C=O) groups is 1. The lowest BCUT2D eigenvalue weighted by Crippen LogP contribution is -2.50. The highest BCUT2D eigenvalue weighted by molar-refractivity contribution is 7.89. The molecule has 29 heavy (non-hydrogen) atoms. The highest BCUT2D eigenvalue weighted by Crippen LogP contribution is 2.30. The number of ether oxygens (including phenoxy) is 2. The predicted molar refractivity (Wildman–Crippen MR) is 103 cm³/mol. The second kappa shape index (κ2) is 8.44. The van der Waals surface area contributed by atoms with Crippen molar-refractivity contribution in [3.8, 4) is 5.75 Å². The molecule has 2 aliphatic heterocycles. The van der Waals surface area contributed by atoms with Crippen molar-refractivity contribution in [3.63, 3.8) is 0 Å². The summed E-state index contributed by atoms with van der Waals surface area (Å²) in [5, 5.41) is 0. The van der Waals surface area contributed by atoms with Crippen molar-refractivity contribution in [1.82, 2.24) is 19.2 Å². The molecule has 0 spiro atoms. The fourth-order valence-corrected chi connectivity index (χ4v) is 5.17. The van der Waals surface area contributed by atoms with Crippen molar-refractivity contribution in [2.45, 2.75) is 23.5 Å². The summed E-state index contributed by atoms with van der Waals surface area (Å²) in [7, 11) is -3.90. The first-order valence-electron chi connectivity index (χ1n) is 9.41. The molecule has 9 nitrogen and oxygen atoms in total. The lowest BCUT2D eigenvalue weighted by Gasteiger charge is -2.31. The predicted octanol–water partition coefficient (Wildman–Crippen LogP) is 0.546. The quantitative estimate of drug-likeness (QED) is 0.699. The molecule has 2 fully saturated rings. The third kappa shape index (κ3) is 4.24. The maximum Gasteiger partial charge on any atom is 0.245 e. The Kier molecular flexibility index (Phi) is 5.74. The van der Waals surface area contributed by atoms with E-state index >= 15 is 0 Å². The molecule has 0 saturated carbocycles. The number of nitrogens with zero attached hydrogens (tertiary/aromatic N) is 4. The van der Waals surface area contributed by atoms with Gasteiger partial charge in [0.2, 0.25) is 15.9 Å². The number of amides is 1. The van der Waals surface area contributed by atoms with Crippen LogP contribution >= 0.6 is 0 Å².